The lowest BCUT2D eigenvalue weighted by molar-refractivity contribution is 0.456. The van der Waals surface area contributed by atoms with Gasteiger partial charge in [-0.3, -0.25) is 5.10 Å². The molecule has 1 fully saturated rings. The molecule has 0 aliphatic carbocycles. The van der Waals surface area contributed by atoms with Crippen LogP contribution in [-0.2, 0) is 0 Å². The summed E-state index contributed by atoms with van der Waals surface area (Å²) in [4.78, 5) is 11.5. The molecule has 1 aliphatic rings. The lowest BCUT2D eigenvalue weighted by Gasteiger charge is -2.33. The molecule has 2 aromatic rings. The first kappa shape index (κ1) is 13.5. The van der Waals surface area contributed by atoms with E-state index in [1.165, 1.54) is 24.4 Å². The topological polar surface area (TPSA) is 70.6 Å². The summed E-state index contributed by atoms with van der Waals surface area (Å²) in [6.45, 7) is 7.17. The summed E-state index contributed by atoms with van der Waals surface area (Å²) in [5.74, 6) is 3.04. The van der Waals surface area contributed by atoms with Gasteiger partial charge in [-0.05, 0) is 26.2 Å². The fourth-order valence-electron chi connectivity index (χ4n) is 2.54. The first-order chi connectivity index (χ1) is 9.65. The molecule has 108 valence electrons. The third kappa shape index (κ3) is 2.54. The highest BCUT2D eigenvalue weighted by Crippen LogP contribution is 2.34. The van der Waals surface area contributed by atoms with Crippen LogP contribution in [-0.4, -0.2) is 31.1 Å². The maximum atomic E-state index is 4.66. The summed E-state index contributed by atoms with van der Waals surface area (Å²) in [6, 6.07) is 0.246. The van der Waals surface area contributed by atoms with Crippen LogP contribution in [0.1, 0.15) is 62.5 Å². The molecular weight excluding hydrogens is 272 g/mol. The number of aromatic nitrogens is 5. The summed E-state index contributed by atoms with van der Waals surface area (Å²) in [5, 5.41) is 8.44. The normalized spacial score (nSPS) is 19.8. The quantitative estimate of drug-likeness (QED) is 0.942. The summed E-state index contributed by atoms with van der Waals surface area (Å²) >= 11 is 1.47. The Hall–Kier alpha value is -1.50. The number of anilines is 1. The van der Waals surface area contributed by atoms with Crippen LogP contribution < -0.4 is 4.90 Å². The Kier molecular flexibility index (Phi) is 3.69. The van der Waals surface area contributed by atoms with Crippen molar-refractivity contribution in [3.63, 3.8) is 0 Å². The number of piperidine rings is 1. The van der Waals surface area contributed by atoms with Crippen LogP contribution in [0, 0.1) is 6.92 Å². The summed E-state index contributed by atoms with van der Waals surface area (Å²) in [7, 11) is 0. The van der Waals surface area contributed by atoms with E-state index in [0.29, 0.717) is 5.92 Å². The molecule has 0 radical (unpaired) electrons. The number of nitrogens with one attached hydrogen (secondary N) is 1. The standard InChI is InChI=1S/C13H20N6S/c1-8(2)11-15-12(17-16-11)10-6-4-5-7-19(10)13-14-9(3)18-20-13/h8,10H,4-7H2,1-3H3,(H,15,16,17)/t10-/m0/s1. The Bertz CT molecular complexity index is 575. The van der Waals surface area contributed by atoms with Gasteiger partial charge in [-0.15, -0.1) is 0 Å². The molecule has 20 heavy (non-hydrogen) atoms. The van der Waals surface area contributed by atoms with E-state index >= 15 is 0 Å². The van der Waals surface area contributed by atoms with Crippen LogP contribution in [0.3, 0.4) is 0 Å². The van der Waals surface area contributed by atoms with Crippen LogP contribution in [0.5, 0.6) is 0 Å². The maximum Gasteiger partial charge on any atom is 0.205 e. The number of nitrogens with zero attached hydrogens (tertiary/aromatic N) is 5. The molecule has 1 atom stereocenters. The SMILES string of the molecule is Cc1nsc(N2CCCC[C@H]2c2nc(C(C)C)n[nH]2)n1. The largest absolute Gasteiger partial charge is 0.337 e. The highest BCUT2D eigenvalue weighted by atomic mass is 32.1. The number of aryl methyl sites for hydroxylation is 1. The van der Waals surface area contributed by atoms with Gasteiger partial charge in [0, 0.05) is 24.0 Å². The van der Waals surface area contributed by atoms with Gasteiger partial charge in [0.05, 0.1) is 6.04 Å². The van der Waals surface area contributed by atoms with E-state index in [9.17, 15) is 0 Å². The molecule has 0 unspecified atom stereocenters. The van der Waals surface area contributed by atoms with Crippen LogP contribution in [0.15, 0.2) is 0 Å². The van der Waals surface area contributed by atoms with E-state index in [2.05, 4.69) is 43.3 Å². The third-order valence-electron chi connectivity index (χ3n) is 3.62. The molecule has 3 heterocycles. The Morgan fingerprint density at radius 1 is 1.30 bits per heavy atom. The average molecular weight is 292 g/mol. The van der Waals surface area contributed by atoms with Crippen LogP contribution in [0.25, 0.3) is 0 Å². The third-order valence-corrected chi connectivity index (χ3v) is 4.46. The van der Waals surface area contributed by atoms with Gasteiger partial charge in [-0.1, -0.05) is 13.8 Å². The highest BCUT2D eigenvalue weighted by molar-refractivity contribution is 7.09. The zero-order valence-electron chi connectivity index (χ0n) is 12.1. The Balaban J connectivity index is 1.88. The van der Waals surface area contributed by atoms with Crippen molar-refractivity contribution < 1.29 is 0 Å². The average Bonchev–Trinajstić information content (AvgIpc) is 3.07. The van der Waals surface area contributed by atoms with Gasteiger partial charge >= 0.3 is 0 Å². The van der Waals surface area contributed by atoms with Crippen molar-refractivity contribution in [2.24, 2.45) is 0 Å². The molecule has 1 saturated heterocycles. The second kappa shape index (κ2) is 5.47. The van der Waals surface area contributed by atoms with Crippen molar-refractivity contribution in [1.29, 1.82) is 0 Å². The number of H-pyrrole nitrogens is 1. The molecule has 6 nitrogen and oxygen atoms in total. The number of aromatic amines is 1. The Morgan fingerprint density at radius 2 is 2.15 bits per heavy atom. The number of rotatable bonds is 3. The summed E-state index contributed by atoms with van der Waals surface area (Å²) in [5.41, 5.74) is 0. The predicted octanol–water partition coefficient (Wildman–Crippen LogP) is 2.82. The molecule has 7 heteroatoms. The second-order valence-corrected chi connectivity index (χ2v) is 6.29. The predicted molar refractivity (Wildman–Crippen MR) is 79.1 cm³/mol. The minimum absolute atomic E-state index is 0.246. The van der Waals surface area contributed by atoms with E-state index in [-0.39, 0.29) is 6.04 Å². The van der Waals surface area contributed by atoms with Crippen molar-refractivity contribution in [2.75, 3.05) is 11.4 Å². The molecule has 2 aromatic heterocycles. The smallest absolute Gasteiger partial charge is 0.205 e. The maximum absolute atomic E-state index is 4.66. The minimum atomic E-state index is 0.246. The van der Waals surface area contributed by atoms with Crippen molar-refractivity contribution >= 4 is 16.7 Å². The highest BCUT2D eigenvalue weighted by Gasteiger charge is 2.29. The van der Waals surface area contributed by atoms with E-state index in [0.717, 1.165) is 35.6 Å². The molecule has 0 aromatic carbocycles. The van der Waals surface area contributed by atoms with Crippen molar-refractivity contribution in [3.8, 4) is 0 Å². The Morgan fingerprint density at radius 3 is 2.80 bits per heavy atom. The van der Waals surface area contributed by atoms with Gasteiger partial charge in [0.15, 0.2) is 5.82 Å². The van der Waals surface area contributed by atoms with Crippen molar-refractivity contribution in [2.45, 2.75) is 52.0 Å². The van der Waals surface area contributed by atoms with E-state index in [4.69, 9.17) is 0 Å². The van der Waals surface area contributed by atoms with E-state index < -0.39 is 0 Å². The first-order valence-corrected chi connectivity index (χ1v) is 7.91. The van der Waals surface area contributed by atoms with Crippen LogP contribution >= 0.6 is 11.5 Å². The molecule has 1 aliphatic heterocycles. The fraction of sp³-hybridized carbons (Fsp3) is 0.692. The van der Waals surface area contributed by atoms with Gasteiger partial charge in [-0.25, -0.2) is 9.97 Å². The number of hydrogen-bond acceptors (Lipinski definition) is 6. The van der Waals surface area contributed by atoms with Gasteiger partial charge in [0.1, 0.15) is 11.6 Å². The van der Waals surface area contributed by atoms with E-state index in [1.807, 2.05) is 6.92 Å². The Labute approximate surface area is 122 Å². The number of hydrogen-bond donors (Lipinski definition) is 1. The van der Waals surface area contributed by atoms with Crippen molar-refractivity contribution in [3.05, 3.63) is 17.5 Å². The monoisotopic (exact) mass is 292 g/mol. The minimum Gasteiger partial charge on any atom is -0.337 e. The lowest BCUT2D eigenvalue weighted by Crippen LogP contribution is -2.34. The molecule has 0 amide bonds. The molecule has 1 N–H and O–H groups in total. The van der Waals surface area contributed by atoms with Gasteiger partial charge < -0.3 is 4.90 Å². The van der Waals surface area contributed by atoms with E-state index in [1.54, 1.807) is 0 Å². The summed E-state index contributed by atoms with van der Waals surface area (Å²) in [6.07, 6.45) is 3.50. The molecule has 3 rings (SSSR count). The van der Waals surface area contributed by atoms with Crippen LogP contribution in [0.2, 0.25) is 0 Å². The second-order valence-electron chi connectivity index (χ2n) is 5.56. The summed E-state index contributed by atoms with van der Waals surface area (Å²) < 4.78 is 4.30. The molecular formula is C13H20N6S. The molecule has 0 saturated carbocycles. The van der Waals surface area contributed by atoms with Gasteiger partial charge in [-0.2, -0.15) is 9.47 Å². The van der Waals surface area contributed by atoms with Gasteiger partial charge in [0.2, 0.25) is 5.13 Å². The van der Waals surface area contributed by atoms with Gasteiger partial charge in [0.25, 0.3) is 0 Å². The van der Waals surface area contributed by atoms with Crippen LogP contribution in [0.4, 0.5) is 5.13 Å². The molecule has 0 spiro atoms. The zero-order chi connectivity index (χ0) is 14.1. The zero-order valence-corrected chi connectivity index (χ0v) is 12.9. The fourth-order valence-corrected chi connectivity index (χ4v) is 3.29. The lowest BCUT2D eigenvalue weighted by atomic mass is 10.0. The molecule has 0 bridgehead atoms. The first-order valence-electron chi connectivity index (χ1n) is 7.14. The van der Waals surface area contributed by atoms with Crippen molar-refractivity contribution in [1.82, 2.24) is 24.5 Å².